The number of amides is 1. The molecule has 0 N–H and O–H groups in total. The molecule has 0 spiro atoms. The number of halogens is 1. The standard InChI is InChI=1S/C19H18ClN3O3/c20-15-5-1-3-13(7-15)8-16-9-22-18(26-16)14-4-2-6-23(11-14)19(24)17-10-21-12-25-17/h1,3,5,7,9-10,12,14H,2,4,6,8,11H2/t14-/m1/s1. The van der Waals surface area contributed by atoms with Gasteiger partial charge in [-0.1, -0.05) is 23.7 Å². The third-order valence-corrected chi connectivity index (χ3v) is 4.77. The van der Waals surface area contributed by atoms with E-state index in [0.29, 0.717) is 30.4 Å². The van der Waals surface area contributed by atoms with Crippen molar-refractivity contribution >= 4 is 17.5 Å². The van der Waals surface area contributed by atoms with Crippen LogP contribution in [0.4, 0.5) is 0 Å². The minimum Gasteiger partial charge on any atom is -0.445 e. The van der Waals surface area contributed by atoms with E-state index in [0.717, 1.165) is 24.2 Å². The zero-order valence-electron chi connectivity index (χ0n) is 14.1. The van der Waals surface area contributed by atoms with Crippen LogP contribution >= 0.6 is 11.6 Å². The summed E-state index contributed by atoms with van der Waals surface area (Å²) < 4.78 is 11.1. The van der Waals surface area contributed by atoms with Crippen LogP contribution in [0.2, 0.25) is 5.02 Å². The van der Waals surface area contributed by atoms with Crippen molar-refractivity contribution in [3.05, 3.63) is 71.1 Å². The number of aromatic nitrogens is 2. The van der Waals surface area contributed by atoms with Crippen molar-refractivity contribution in [2.45, 2.75) is 25.2 Å². The summed E-state index contributed by atoms with van der Waals surface area (Å²) in [6.45, 7) is 1.27. The van der Waals surface area contributed by atoms with E-state index in [-0.39, 0.29) is 17.6 Å². The summed E-state index contributed by atoms with van der Waals surface area (Å²) in [5.74, 6) is 1.68. The zero-order chi connectivity index (χ0) is 17.9. The van der Waals surface area contributed by atoms with Gasteiger partial charge < -0.3 is 13.7 Å². The largest absolute Gasteiger partial charge is 0.445 e. The average Bonchev–Trinajstić information content (AvgIpc) is 3.33. The van der Waals surface area contributed by atoms with Crippen LogP contribution in [0.5, 0.6) is 0 Å². The van der Waals surface area contributed by atoms with Crippen molar-refractivity contribution in [1.82, 2.24) is 14.9 Å². The minimum absolute atomic E-state index is 0.0868. The molecule has 1 amide bonds. The molecule has 7 heteroatoms. The van der Waals surface area contributed by atoms with E-state index >= 15 is 0 Å². The van der Waals surface area contributed by atoms with Crippen LogP contribution in [0.1, 0.15) is 46.5 Å². The van der Waals surface area contributed by atoms with Crippen LogP contribution in [0, 0.1) is 0 Å². The van der Waals surface area contributed by atoms with Gasteiger partial charge >= 0.3 is 0 Å². The molecule has 3 heterocycles. The van der Waals surface area contributed by atoms with Gasteiger partial charge in [0.25, 0.3) is 5.91 Å². The summed E-state index contributed by atoms with van der Waals surface area (Å²) >= 11 is 6.03. The maximum atomic E-state index is 12.4. The predicted molar refractivity (Wildman–Crippen MR) is 95.1 cm³/mol. The van der Waals surface area contributed by atoms with Crippen LogP contribution in [-0.4, -0.2) is 33.9 Å². The van der Waals surface area contributed by atoms with E-state index in [1.54, 1.807) is 11.1 Å². The lowest BCUT2D eigenvalue weighted by molar-refractivity contribution is 0.0666. The molecule has 1 saturated heterocycles. The molecule has 0 aliphatic carbocycles. The number of benzene rings is 1. The zero-order valence-corrected chi connectivity index (χ0v) is 14.9. The highest BCUT2D eigenvalue weighted by molar-refractivity contribution is 6.30. The normalized spacial score (nSPS) is 17.4. The van der Waals surface area contributed by atoms with Gasteiger partial charge in [-0.3, -0.25) is 4.79 Å². The molecule has 4 rings (SSSR count). The van der Waals surface area contributed by atoms with Gasteiger partial charge in [-0.25, -0.2) is 9.97 Å². The molecule has 0 saturated carbocycles. The molecule has 1 aromatic carbocycles. The quantitative estimate of drug-likeness (QED) is 0.694. The number of hydrogen-bond acceptors (Lipinski definition) is 5. The topological polar surface area (TPSA) is 72.4 Å². The van der Waals surface area contributed by atoms with Gasteiger partial charge in [0.1, 0.15) is 5.76 Å². The molecule has 2 aromatic heterocycles. The molecule has 0 radical (unpaired) electrons. The van der Waals surface area contributed by atoms with Gasteiger partial charge in [-0.2, -0.15) is 0 Å². The smallest absolute Gasteiger partial charge is 0.291 e. The highest BCUT2D eigenvalue weighted by Gasteiger charge is 2.29. The predicted octanol–water partition coefficient (Wildman–Crippen LogP) is 3.93. The Morgan fingerprint density at radius 3 is 3.08 bits per heavy atom. The van der Waals surface area contributed by atoms with Crippen molar-refractivity contribution in [3.63, 3.8) is 0 Å². The fraction of sp³-hybridized carbons (Fsp3) is 0.316. The third-order valence-electron chi connectivity index (χ3n) is 4.54. The minimum atomic E-state index is -0.141. The first kappa shape index (κ1) is 16.8. The van der Waals surface area contributed by atoms with E-state index in [2.05, 4.69) is 9.97 Å². The highest BCUT2D eigenvalue weighted by Crippen LogP contribution is 2.28. The third kappa shape index (κ3) is 3.65. The number of likely N-dealkylation sites (tertiary alicyclic amines) is 1. The first-order chi connectivity index (χ1) is 12.7. The fourth-order valence-electron chi connectivity index (χ4n) is 3.28. The monoisotopic (exact) mass is 371 g/mol. The molecule has 0 unspecified atom stereocenters. The molecule has 1 aliphatic heterocycles. The number of carbonyl (C=O) groups is 1. The molecule has 1 aliphatic rings. The number of oxazole rings is 2. The van der Waals surface area contributed by atoms with Crippen molar-refractivity contribution in [2.24, 2.45) is 0 Å². The van der Waals surface area contributed by atoms with Crippen molar-refractivity contribution in [2.75, 3.05) is 13.1 Å². The number of carbonyl (C=O) groups excluding carboxylic acids is 1. The van der Waals surface area contributed by atoms with Crippen LogP contribution in [-0.2, 0) is 6.42 Å². The summed E-state index contributed by atoms with van der Waals surface area (Å²) in [6.07, 6.45) is 6.95. The van der Waals surface area contributed by atoms with E-state index in [1.165, 1.54) is 12.6 Å². The molecule has 26 heavy (non-hydrogen) atoms. The SMILES string of the molecule is O=C(c1cnco1)N1CCC[C@@H](c2ncc(Cc3cccc(Cl)c3)o2)C1. The van der Waals surface area contributed by atoms with E-state index < -0.39 is 0 Å². The van der Waals surface area contributed by atoms with Gasteiger partial charge in [0, 0.05) is 24.5 Å². The number of rotatable bonds is 4. The second-order valence-corrected chi connectivity index (χ2v) is 6.86. The Balaban J connectivity index is 1.44. The summed E-state index contributed by atoms with van der Waals surface area (Å²) in [6, 6.07) is 7.69. The van der Waals surface area contributed by atoms with Crippen molar-refractivity contribution in [1.29, 1.82) is 0 Å². The lowest BCUT2D eigenvalue weighted by atomic mass is 9.98. The highest BCUT2D eigenvalue weighted by atomic mass is 35.5. The Bertz CT molecular complexity index is 891. The molecule has 6 nitrogen and oxygen atoms in total. The number of piperidine rings is 1. The van der Waals surface area contributed by atoms with Crippen LogP contribution in [0.3, 0.4) is 0 Å². The second-order valence-electron chi connectivity index (χ2n) is 6.43. The Morgan fingerprint density at radius 1 is 1.35 bits per heavy atom. The lowest BCUT2D eigenvalue weighted by Crippen LogP contribution is -2.39. The average molecular weight is 372 g/mol. The molecule has 134 valence electrons. The Kier molecular flexibility index (Phi) is 4.75. The Labute approximate surface area is 155 Å². The molecule has 1 atom stereocenters. The van der Waals surface area contributed by atoms with Gasteiger partial charge in [0.2, 0.25) is 5.76 Å². The summed E-state index contributed by atoms with van der Waals surface area (Å²) in [4.78, 5) is 22.5. The second kappa shape index (κ2) is 7.33. The number of hydrogen-bond donors (Lipinski definition) is 0. The maximum absolute atomic E-state index is 12.4. The lowest BCUT2D eigenvalue weighted by Gasteiger charge is -2.30. The van der Waals surface area contributed by atoms with Gasteiger partial charge in [-0.05, 0) is 30.5 Å². The van der Waals surface area contributed by atoms with Crippen LogP contribution in [0.15, 0.2) is 51.9 Å². The summed E-state index contributed by atoms with van der Waals surface area (Å²) in [5, 5.41) is 0.705. The van der Waals surface area contributed by atoms with Gasteiger partial charge in [-0.15, -0.1) is 0 Å². The fourth-order valence-corrected chi connectivity index (χ4v) is 3.49. The summed E-state index contributed by atoms with van der Waals surface area (Å²) in [7, 11) is 0. The first-order valence-corrected chi connectivity index (χ1v) is 8.93. The van der Waals surface area contributed by atoms with Gasteiger partial charge in [0.15, 0.2) is 12.3 Å². The maximum Gasteiger partial charge on any atom is 0.291 e. The molecular formula is C19H18ClN3O3. The number of nitrogens with zero attached hydrogens (tertiary/aromatic N) is 3. The van der Waals surface area contributed by atoms with E-state index in [1.807, 2.05) is 24.3 Å². The summed E-state index contributed by atoms with van der Waals surface area (Å²) in [5.41, 5.74) is 1.07. The molecule has 1 fully saturated rings. The Morgan fingerprint density at radius 2 is 2.27 bits per heavy atom. The van der Waals surface area contributed by atoms with E-state index in [9.17, 15) is 4.79 Å². The van der Waals surface area contributed by atoms with Crippen LogP contribution < -0.4 is 0 Å². The molecule has 3 aromatic rings. The first-order valence-electron chi connectivity index (χ1n) is 8.56. The Hall–Kier alpha value is -2.60. The van der Waals surface area contributed by atoms with Crippen LogP contribution in [0.25, 0.3) is 0 Å². The molecule has 0 bridgehead atoms. The van der Waals surface area contributed by atoms with Crippen molar-refractivity contribution in [3.8, 4) is 0 Å². The molecular weight excluding hydrogens is 354 g/mol. The van der Waals surface area contributed by atoms with Crippen molar-refractivity contribution < 1.29 is 13.6 Å². The van der Waals surface area contributed by atoms with E-state index in [4.69, 9.17) is 20.4 Å². The van der Waals surface area contributed by atoms with Gasteiger partial charge in [0.05, 0.1) is 18.3 Å².